The molecule has 1 fully saturated rings. The molecule has 8 heteroatoms. The number of benzene rings is 3. The topological polar surface area (TPSA) is 102 Å². The van der Waals surface area contributed by atoms with E-state index < -0.39 is 5.97 Å². The maximum Gasteiger partial charge on any atom is 0.337 e. The molecule has 0 bridgehead atoms. The molecule has 0 aliphatic carbocycles. The third-order valence-corrected chi connectivity index (χ3v) is 6.20. The van der Waals surface area contributed by atoms with Gasteiger partial charge in [-0.2, -0.15) is 0 Å². The molecule has 36 heavy (non-hydrogen) atoms. The van der Waals surface area contributed by atoms with Crippen LogP contribution in [0.3, 0.4) is 0 Å². The zero-order chi connectivity index (χ0) is 25.7. The predicted octanol–water partition coefficient (Wildman–Crippen LogP) is 4.01. The normalized spacial score (nSPS) is 13.8. The first-order valence-corrected chi connectivity index (χ1v) is 11.9. The maximum absolute atomic E-state index is 12.6. The average Bonchev–Trinajstić information content (AvgIpc) is 2.86. The lowest BCUT2D eigenvalue weighted by Gasteiger charge is -2.36. The zero-order valence-electron chi connectivity index (χ0n) is 20.5. The van der Waals surface area contributed by atoms with Crippen molar-refractivity contribution in [3.05, 3.63) is 89.0 Å². The van der Waals surface area contributed by atoms with Crippen LogP contribution in [0, 0.1) is 13.8 Å². The van der Waals surface area contributed by atoms with E-state index in [1.54, 1.807) is 30.3 Å². The standard InChI is InChI=1S/C28H30N4O4/c1-19-6-8-22(9-7-19)29-26(33)18-31-12-14-32(15-13-31)23-10-11-25(24(17-23)28(35)36)30-27(34)21-5-3-4-20(2)16-21/h3-11,16-17H,12-15,18H2,1-2H3,(H,29,33)(H,30,34)(H,35,36). The summed E-state index contributed by atoms with van der Waals surface area (Å²) >= 11 is 0. The number of aryl methyl sites for hydroxylation is 2. The molecule has 1 saturated heterocycles. The van der Waals surface area contributed by atoms with Gasteiger partial charge in [-0.25, -0.2) is 4.79 Å². The number of piperazine rings is 1. The van der Waals surface area contributed by atoms with Crippen LogP contribution in [0.2, 0.25) is 0 Å². The van der Waals surface area contributed by atoms with Crippen molar-refractivity contribution in [1.82, 2.24) is 4.90 Å². The van der Waals surface area contributed by atoms with Crippen LogP contribution < -0.4 is 15.5 Å². The lowest BCUT2D eigenvalue weighted by atomic mass is 10.1. The molecule has 1 heterocycles. The Morgan fingerprint density at radius 2 is 1.56 bits per heavy atom. The van der Waals surface area contributed by atoms with E-state index in [-0.39, 0.29) is 23.1 Å². The summed E-state index contributed by atoms with van der Waals surface area (Å²) < 4.78 is 0. The number of carbonyl (C=O) groups is 3. The number of carboxylic acid groups (broad SMARTS) is 1. The van der Waals surface area contributed by atoms with Gasteiger partial charge in [-0.1, -0.05) is 35.4 Å². The van der Waals surface area contributed by atoms with E-state index >= 15 is 0 Å². The van der Waals surface area contributed by atoms with E-state index in [4.69, 9.17) is 0 Å². The van der Waals surface area contributed by atoms with E-state index in [0.29, 0.717) is 38.3 Å². The molecule has 186 valence electrons. The number of nitrogens with one attached hydrogen (secondary N) is 2. The van der Waals surface area contributed by atoms with Crippen molar-refractivity contribution in [3.63, 3.8) is 0 Å². The highest BCUT2D eigenvalue weighted by atomic mass is 16.4. The Hall–Kier alpha value is -4.17. The van der Waals surface area contributed by atoms with Gasteiger partial charge in [-0.15, -0.1) is 0 Å². The quantitative estimate of drug-likeness (QED) is 0.466. The SMILES string of the molecule is Cc1ccc(NC(=O)CN2CCN(c3ccc(NC(=O)c4cccc(C)c4)c(C(=O)O)c3)CC2)cc1. The van der Waals surface area contributed by atoms with Gasteiger partial charge in [-0.3, -0.25) is 14.5 Å². The lowest BCUT2D eigenvalue weighted by Crippen LogP contribution is -2.48. The minimum atomic E-state index is -1.11. The van der Waals surface area contributed by atoms with Gasteiger partial charge in [0.25, 0.3) is 5.91 Å². The van der Waals surface area contributed by atoms with Crippen LogP contribution >= 0.6 is 0 Å². The summed E-state index contributed by atoms with van der Waals surface area (Å²) in [4.78, 5) is 41.2. The molecule has 0 radical (unpaired) electrons. The van der Waals surface area contributed by atoms with Crippen molar-refractivity contribution in [3.8, 4) is 0 Å². The summed E-state index contributed by atoms with van der Waals surface area (Å²) in [5, 5.41) is 15.4. The van der Waals surface area contributed by atoms with Gasteiger partial charge < -0.3 is 20.6 Å². The smallest absolute Gasteiger partial charge is 0.337 e. The number of rotatable bonds is 7. The van der Waals surface area contributed by atoms with Crippen LogP contribution in [0.25, 0.3) is 0 Å². The fourth-order valence-electron chi connectivity index (χ4n) is 4.20. The number of nitrogens with zero attached hydrogens (tertiary/aromatic N) is 2. The summed E-state index contributed by atoms with van der Waals surface area (Å²) in [5.74, 6) is -1.52. The molecule has 0 atom stereocenters. The minimum Gasteiger partial charge on any atom is -0.478 e. The molecule has 3 aromatic rings. The van der Waals surface area contributed by atoms with Crippen LogP contribution in [0.15, 0.2) is 66.7 Å². The van der Waals surface area contributed by atoms with E-state index in [0.717, 1.165) is 22.5 Å². The molecule has 0 aromatic heterocycles. The largest absolute Gasteiger partial charge is 0.478 e. The second-order valence-corrected chi connectivity index (χ2v) is 9.04. The van der Waals surface area contributed by atoms with E-state index in [2.05, 4.69) is 20.4 Å². The van der Waals surface area contributed by atoms with Crippen LogP contribution in [0.5, 0.6) is 0 Å². The number of anilines is 3. The first-order valence-electron chi connectivity index (χ1n) is 11.9. The lowest BCUT2D eigenvalue weighted by molar-refractivity contribution is -0.117. The molecule has 3 N–H and O–H groups in total. The van der Waals surface area contributed by atoms with Crippen molar-refractivity contribution in [2.24, 2.45) is 0 Å². The number of hydrogen-bond donors (Lipinski definition) is 3. The predicted molar refractivity (Wildman–Crippen MR) is 141 cm³/mol. The summed E-state index contributed by atoms with van der Waals surface area (Å²) in [6, 6.07) is 19.9. The molecule has 0 unspecified atom stereocenters. The molecule has 3 aromatic carbocycles. The summed E-state index contributed by atoms with van der Waals surface area (Å²) in [6.07, 6.45) is 0. The van der Waals surface area contributed by atoms with Crippen molar-refractivity contribution in [2.45, 2.75) is 13.8 Å². The molecular weight excluding hydrogens is 456 g/mol. The van der Waals surface area contributed by atoms with Crippen molar-refractivity contribution in [1.29, 1.82) is 0 Å². The second kappa shape index (κ2) is 11.0. The Morgan fingerprint density at radius 1 is 0.833 bits per heavy atom. The van der Waals surface area contributed by atoms with E-state index in [1.165, 1.54) is 0 Å². The molecular formula is C28H30N4O4. The summed E-state index contributed by atoms with van der Waals surface area (Å²) in [5.41, 5.74) is 4.39. The molecule has 4 rings (SSSR count). The fourth-order valence-corrected chi connectivity index (χ4v) is 4.20. The number of carboxylic acids is 1. The first kappa shape index (κ1) is 24.9. The minimum absolute atomic E-state index is 0.0356. The van der Waals surface area contributed by atoms with Gasteiger partial charge in [0, 0.05) is 43.1 Å². The fraction of sp³-hybridized carbons (Fsp3) is 0.250. The monoisotopic (exact) mass is 486 g/mol. The Kier molecular flexibility index (Phi) is 7.65. The summed E-state index contributed by atoms with van der Waals surface area (Å²) in [6.45, 7) is 6.86. The molecule has 0 saturated carbocycles. The van der Waals surface area contributed by atoms with E-state index in [1.807, 2.05) is 50.2 Å². The Balaban J connectivity index is 1.36. The van der Waals surface area contributed by atoms with E-state index in [9.17, 15) is 19.5 Å². The number of amides is 2. The van der Waals surface area contributed by atoms with Gasteiger partial charge in [-0.05, 0) is 56.3 Å². The molecule has 2 amide bonds. The Labute approximate surface area is 210 Å². The van der Waals surface area contributed by atoms with Gasteiger partial charge in [0.05, 0.1) is 17.8 Å². The Bertz CT molecular complexity index is 1260. The summed E-state index contributed by atoms with van der Waals surface area (Å²) in [7, 11) is 0. The highest BCUT2D eigenvalue weighted by Crippen LogP contribution is 2.25. The van der Waals surface area contributed by atoms with Crippen molar-refractivity contribution >= 4 is 34.8 Å². The van der Waals surface area contributed by atoms with Crippen LogP contribution in [0.1, 0.15) is 31.8 Å². The third-order valence-electron chi connectivity index (χ3n) is 6.20. The molecule has 0 spiro atoms. The molecule has 8 nitrogen and oxygen atoms in total. The molecule has 1 aliphatic heterocycles. The third kappa shape index (κ3) is 6.28. The molecule has 1 aliphatic rings. The second-order valence-electron chi connectivity index (χ2n) is 9.04. The number of carbonyl (C=O) groups excluding carboxylic acids is 2. The number of aromatic carboxylic acids is 1. The Morgan fingerprint density at radius 3 is 2.22 bits per heavy atom. The van der Waals surface area contributed by atoms with Crippen LogP contribution in [0.4, 0.5) is 17.1 Å². The van der Waals surface area contributed by atoms with Gasteiger partial charge in [0.2, 0.25) is 5.91 Å². The van der Waals surface area contributed by atoms with Crippen LogP contribution in [-0.4, -0.2) is 60.5 Å². The van der Waals surface area contributed by atoms with Crippen LogP contribution in [-0.2, 0) is 4.79 Å². The number of hydrogen-bond acceptors (Lipinski definition) is 5. The van der Waals surface area contributed by atoms with Gasteiger partial charge in [0.15, 0.2) is 0 Å². The highest BCUT2D eigenvalue weighted by molar-refractivity contribution is 6.08. The highest BCUT2D eigenvalue weighted by Gasteiger charge is 2.22. The maximum atomic E-state index is 12.6. The van der Waals surface area contributed by atoms with Crippen molar-refractivity contribution < 1.29 is 19.5 Å². The van der Waals surface area contributed by atoms with Gasteiger partial charge >= 0.3 is 5.97 Å². The zero-order valence-corrected chi connectivity index (χ0v) is 20.5. The van der Waals surface area contributed by atoms with Gasteiger partial charge in [0.1, 0.15) is 0 Å². The van der Waals surface area contributed by atoms with Crippen molar-refractivity contribution in [2.75, 3.05) is 48.3 Å². The average molecular weight is 487 g/mol. The first-order chi connectivity index (χ1) is 17.3.